The average Bonchev–Trinajstić information content (AvgIpc) is 3.10. The lowest BCUT2D eigenvalue weighted by molar-refractivity contribution is 0.0994. The van der Waals surface area contributed by atoms with Crippen LogP contribution in [-0.2, 0) is 0 Å². The highest BCUT2D eigenvalue weighted by Gasteiger charge is 2.20. The molecule has 128 valence electrons. The molecule has 1 heterocycles. The van der Waals surface area contributed by atoms with Crippen LogP contribution in [0.3, 0.4) is 0 Å². The number of methoxy groups -OCH3 is 1. The number of aromatic nitrogens is 3. The van der Waals surface area contributed by atoms with E-state index in [2.05, 4.69) is 10.2 Å². The van der Waals surface area contributed by atoms with Gasteiger partial charge in [-0.15, -0.1) is 10.2 Å². The van der Waals surface area contributed by atoms with E-state index >= 15 is 0 Å². The lowest BCUT2D eigenvalue weighted by Gasteiger charge is -2.12. The fourth-order valence-electron chi connectivity index (χ4n) is 2.30. The maximum absolute atomic E-state index is 13.0. The lowest BCUT2D eigenvalue weighted by atomic mass is 10.1. The van der Waals surface area contributed by atoms with E-state index < -0.39 is 0 Å². The normalized spacial score (nSPS) is 12.0. The molecule has 3 aromatic rings. The third-order valence-corrected chi connectivity index (χ3v) is 4.68. The van der Waals surface area contributed by atoms with E-state index in [-0.39, 0.29) is 16.9 Å². The summed E-state index contributed by atoms with van der Waals surface area (Å²) in [5.41, 5.74) is 1.31. The molecule has 2 aromatic carbocycles. The van der Waals surface area contributed by atoms with Gasteiger partial charge in [0.2, 0.25) is 0 Å². The van der Waals surface area contributed by atoms with Gasteiger partial charge in [-0.05, 0) is 43.3 Å². The Morgan fingerprint density at radius 2 is 2.00 bits per heavy atom. The summed E-state index contributed by atoms with van der Waals surface area (Å²) >= 11 is 1.30. The second-order valence-electron chi connectivity index (χ2n) is 5.32. The average molecular weight is 357 g/mol. The minimum Gasteiger partial charge on any atom is -0.497 e. The summed E-state index contributed by atoms with van der Waals surface area (Å²) in [5.74, 6) is 0.261. The number of carbonyl (C=O) groups excluding carboxylic acids is 1. The number of carbonyl (C=O) groups is 1. The van der Waals surface area contributed by atoms with Gasteiger partial charge in [-0.3, -0.25) is 9.36 Å². The molecule has 0 saturated heterocycles. The Morgan fingerprint density at radius 1 is 1.24 bits per heavy atom. The van der Waals surface area contributed by atoms with Crippen LogP contribution in [0, 0.1) is 5.82 Å². The lowest BCUT2D eigenvalue weighted by Crippen LogP contribution is -2.14. The molecule has 1 aromatic heterocycles. The van der Waals surface area contributed by atoms with Crippen molar-refractivity contribution < 1.29 is 13.9 Å². The summed E-state index contributed by atoms with van der Waals surface area (Å²) < 4.78 is 20.0. The smallest absolute Gasteiger partial charge is 0.196 e. The number of hydrogen-bond donors (Lipinski definition) is 0. The summed E-state index contributed by atoms with van der Waals surface area (Å²) in [6.07, 6.45) is 1.59. The molecule has 0 aliphatic heterocycles. The summed E-state index contributed by atoms with van der Waals surface area (Å²) in [6, 6.07) is 13.0. The Hall–Kier alpha value is -2.67. The second-order valence-corrected chi connectivity index (χ2v) is 6.62. The number of halogens is 1. The second kappa shape index (κ2) is 7.48. The van der Waals surface area contributed by atoms with E-state index in [1.54, 1.807) is 24.9 Å². The molecule has 0 amide bonds. The number of benzene rings is 2. The quantitative estimate of drug-likeness (QED) is 0.496. The largest absolute Gasteiger partial charge is 0.497 e. The van der Waals surface area contributed by atoms with Crippen molar-refractivity contribution >= 4 is 17.5 Å². The zero-order valence-electron chi connectivity index (χ0n) is 13.7. The van der Waals surface area contributed by atoms with Gasteiger partial charge < -0.3 is 4.74 Å². The Kier molecular flexibility index (Phi) is 5.14. The highest BCUT2D eigenvalue weighted by Crippen LogP contribution is 2.27. The first-order valence-corrected chi connectivity index (χ1v) is 8.47. The zero-order chi connectivity index (χ0) is 17.8. The van der Waals surface area contributed by atoms with Gasteiger partial charge in [-0.1, -0.05) is 17.8 Å². The molecule has 0 aliphatic rings. The Morgan fingerprint density at radius 3 is 2.72 bits per heavy atom. The van der Waals surface area contributed by atoms with Gasteiger partial charge in [0.1, 0.15) is 17.9 Å². The Labute approximate surface area is 148 Å². The van der Waals surface area contributed by atoms with Crippen LogP contribution in [0.25, 0.3) is 5.69 Å². The molecule has 0 aliphatic carbocycles. The van der Waals surface area contributed by atoms with Crippen LogP contribution in [0.4, 0.5) is 4.39 Å². The number of thioether (sulfide) groups is 1. The van der Waals surface area contributed by atoms with Crippen LogP contribution in [0.15, 0.2) is 60.0 Å². The van der Waals surface area contributed by atoms with E-state index in [0.29, 0.717) is 10.7 Å². The molecule has 0 fully saturated rings. The van der Waals surface area contributed by atoms with Crippen LogP contribution >= 0.6 is 11.8 Å². The first kappa shape index (κ1) is 17.2. The van der Waals surface area contributed by atoms with Gasteiger partial charge >= 0.3 is 0 Å². The van der Waals surface area contributed by atoms with Crippen molar-refractivity contribution in [3.05, 3.63) is 66.2 Å². The monoisotopic (exact) mass is 357 g/mol. The molecule has 5 nitrogen and oxygen atoms in total. The predicted octanol–water partition coefficient (Wildman–Crippen LogP) is 3.78. The molecule has 0 radical (unpaired) electrons. The molecule has 7 heteroatoms. The third-order valence-electron chi connectivity index (χ3n) is 3.63. The van der Waals surface area contributed by atoms with Crippen LogP contribution in [-0.4, -0.2) is 32.9 Å². The molecular weight excluding hydrogens is 341 g/mol. The van der Waals surface area contributed by atoms with Crippen molar-refractivity contribution in [1.29, 1.82) is 0 Å². The first-order chi connectivity index (χ1) is 12.1. The topological polar surface area (TPSA) is 57.0 Å². The number of ether oxygens (including phenoxy) is 1. The van der Waals surface area contributed by atoms with Gasteiger partial charge in [0.05, 0.1) is 18.0 Å². The van der Waals surface area contributed by atoms with Crippen molar-refractivity contribution in [3.8, 4) is 11.4 Å². The first-order valence-electron chi connectivity index (χ1n) is 7.59. The number of ketones is 1. The van der Waals surface area contributed by atoms with Gasteiger partial charge in [-0.2, -0.15) is 0 Å². The minimum atomic E-state index is -0.390. The molecule has 0 saturated carbocycles. The van der Waals surface area contributed by atoms with E-state index in [1.807, 2.05) is 24.3 Å². The van der Waals surface area contributed by atoms with Gasteiger partial charge in [0.15, 0.2) is 10.9 Å². The fourth-order valence-corrected chi connectivity index (χ4v) is 3.22. The molecule has 1 unspecified atom stereocenters. The molecule has 3 rings (SSSR count). The molecule has 1 atom stereocenters. The van der Waals surface area contributed by atoms with Gasteiger partial charge in [0, 0.05) is 11.6 Å². The van der Waals surface area contributed by atoms with Gasteiger partial charge in [0.25, 0.3) is 0 Å². The van der Waals surface area contributed by atoms with Crippen LogP contribution in [0.1, 0.15) is 17.3 Å². The highest BCUT2D eigenvalue weighted by atomic mass is 32.2. The third kappa shape index (κ3) is 3.88. The maximum Gasteiger partial charge on any atom is 0.196 e. The zero-order valence-corrected chi connectivity index (χ0v) is 14.5. The van der Waals surface area contributed by atoms with E-state index in [0.717, 1.165) is 11.4 Å². The molecular formula is C18H16FN3O2S. The number of rotatable bonds is 6. The van der Waals surface area contributed by atoms with Crippen molar-refractivity contribution in [2.75, 3.05) is 7.11 Å². The van der Waals surface area contributed by atoms with Crippen molar-refractivity contribution in [2.24, 2.45) is 0 Å². The fraction of sp³-hybridized carbons (Fsp3) is 0.167. The molecule has 0 spiro atoms. The Bertz CT molecular complexity index is 880. The van der Waals surface area contributed by atoms with Crippen molar-refractivity contribution in [3.63, 3.8) is 0 Å². The van der Waals surface area contributed by atoms with Crippen LogP contribution in [0.5, 0.6) is 5.75 Å². The molecule has 0 N–H and O–H groups in total. The SMILES string of the molecule is COc1cccc(-n2cnnc2SC(C)C(=O)c2ccc(F)cc2)c1. The minimum absolute atomic E-state index is 0.0924. The van der Waals surface area contributed by atoms with E-state index in [9.17, 15) is 9.18 Å². The van der Waals surface area contributed by atoms with E-state index in [4.69, 9.17) is 4.74 Å². The predicted molar refractivity (Wildman–Crippen MR) is 94.0 cm³/mol. The summed E-state index contributed by atoms with van der Waals surface area (Å²) in [6.45, 7) is 1.79. The van der Waals surface area contributed by atoms with Crippen LogP contribution in [0.2, 0.25) is 0 Å². The number of hydrogen-bond acceptors (Lipinski definition) is 5. The van der Waals surface area contributed by atoms with Crippen molar-refractivity contribution in [1.82, 2.24) is 14.8 Å². The molecule has 0 bridgehead atoms. The number of Topliss-reactive ketones (excluding diaryl/α,β-unsaturated/α-hetero) is 1. The summed E-state index contributed by atoms with van der Waals surface area (Å²) in [4.78, 5) is 12.5. The Balaban J connectivity index is 1.80. The highest BCUT2D eigenvalue weighted by molar-refractivity contribution is 8.00. The maximum atomic E-state index is 13.0. The summed E-state index contributed by atoms with van der Waals surface area (Å²) in [5, 5.41) is 8.25. The standard InChI is InChI=1S/C18H16FN3O2S/c1-12(17(23)13-6-8-14(19)9-7-13)25-18-21-20-11-22(18)15-4-3-5-16(10-15)24-2/h3-12H,1-2H3. The van der Waals surface area contributed by atoms with Crippen LogP contribution < -0.4 is 4.74 Å². The number of nitrogens with zero attached hydrogens (tertiary/aromatic N) is 3. The summed E-state index contributed by atoms with van der Waals surface area (Å²) in [7, 11) is 1.60. The van der Waals surface area contributed by atoms with E-state index in [1.165, 1.54) is 36.0 Å². The molecule has 25 heavy (non-hydrogen) atoms. The van der Waals surface area contributed by atoms with Gasteiger partial charge in [-0.25, -0.2) is 4.39 Å². The van der Waals surface area contributed by atoms with Crippen molar-refractivity contribution in [2.45, 2.75) is 17.3 Å².